The van der Waals surface area contributed by atoms with E-state index in [9.17, 15) is 0 Å². The van der Waals surface area contributed by atoms with Crippen LogP contribution in [0.5, 0.6) is 5.75 Å². The van der Waals surface area contributed by atoms with E-state index in [1.165, 1.54) is 0 Å². The summed E-state index contributed by atoms with van der Waals surface area (Å²) in [5.41, 5.74) is 8.60. The number of aromatic nitrogens is 2. The number of hydrogen-bond acceptors (Lipinski definition) is 5. The zero-order valence-corrected chi connectivity index (χ0v) is 11.7. The molecule has 0 bridgehead atoms. The summed E-state index contributed by atoms with van der Waals surface area (Å²) >= 11 is 1.54. The molecule has 0 saturated carbocycles. The van der Waals surface area contributed by atoms with Gasteiger partial charge in [0.05, 0.1) is 18.4 Å². The Balaban J connectivity index is 2.05. The number of methoxy groups -OCH3 is 1. The molecule has 0 aliphatic carbocycles. The number of para-hydroxylation sites is 1. The smallest absolute Gasteiger partial charge is 0.133 e. The SMILES string of the molecule is COc1ccccc1-c1csc(-c2cccnc2N)n1. The molecule has 0 saturated heterocycles. The number of benzene rings is 1. The number of anilines is 1. The molecule has 2 aromatic heterocycles. The van der Waals surface area contributed by atoms with Crippen molar-refractivity contribution in [2.75, 3.05) is 12.8 Å². The zero-order valence-electron chi connectivity index (χ0n) is 10.9. The van der Waals surface area contributed by atoms with Crippen LogP contribution in [0.1, 0.15) is 0 Å². The molecule has 2 heterocycles. The highest BCUT2D eigenvalue weighted by Crippen LogP contribution is 2.34. The minimum Gasteiger partial charge on any atom is -0.496 e. The zero-order chi connectivity index (χ0) is 13.9. The van der Waals surface area contributed by atoms with Gasteiger partial charge in [0.15, 0.2) is 0 Å². The van der Waals surface area contributed by atoms with Crippen LogP contribution in [-0.4, -0.2) is 17.1 Å². The Morgan fingerprint density at radius 3 is 2.70 bits per heavy atom. The van der Waals surface area contributed by atoms with Gasteiger partial charge in [0.25, 0.3) is 0 Å². The lowest BCUT2D eigenvalue weighted by atomic mass is 10.1. The van der Waals surface area contributed by atoms with Crippen molar-refractivity contribution in [1.29, 1.82) is 0 Å². The number of nitrogens with two attached hydrogens (primary N) is 1. The first-order chi connectivity index (χ1) is 9.79. The van der Waals surface area contributed by atoms with Crippen LogP contribution in [0.3, 0.4) is 0 Å². The van der Waals surface area contributed by atoms with E-state index in [0.29, 0.717) is 5.82 Å². The van der Waals surface area contributed by atoms with Gasteiger partial charge in [-0.2, -0.15) is 0 Å². The number of ether oxygens (including phenoxy) is 1. The van der Waals surface area contributed by atoms with Crippen LogP contribution >= 0.6 is 11.3 Å². The molecule has 0 unspecified atom stereocenters. The Bertz CT molecular complexity index is 739. The maximum Gasteiger partial charge on any atom is 0.133 e. The highest BCUT2D eigenvalue weighted by Gasteiger charge is 2.12. The van der Waals surface area contributed by atoms with Gasteiger partial charge in [0.1, 0.15) is 16.6 Å². The lowest BCUT2D eigenvalue weighted by Gasteiger charge is -2.05. The van der Waals surface area contributed by atoms with E-state index >= 15 is 0 Å². The Morgan fingerprint density at radius 2 is 1.90 bits per heavy atom. The lowest BCUT2D eigenvalue weighted by molar-refractivity contribution is 0.416. The van der Waals surface area contributed by atoms with Crippen LogP contribution in [0.15, 0.2) is 48.0 Å². The quantitative estimate of drug-likeness (QED) is 0.799. The number of thiazole rings is 1. The van der Waals surface area contributed by atoms with Crippen molar-refractivity contribution in [3.05, 3.63) is 48.0 Å². The third-order valence-electron chi connectivity index (χ3n) is 2.96. The molecular formula is C15H13N3OS. The first-order valence-corrected chi connectivity index (χ1v) is 6.97. The van der Waals surface area contributed by atoms with E-state index in [1.54, 1.807) is 24.6 Å². The summed E-state index contributed by atoms with van der Waals surface area (Å²) in [7, 11) is 1.66. The van der Waals surface area contributed by atoms with Crippen molar-refractivity contribution >= 4 is 17.2 Å². The predicted octanol–water partition coefficient (Wildman–Crippen LogP) is 3.46. The van der Waals surface area contributed by atoms with Gasteiger partial charge in [0.2, 0.25) is 0 Å². The monoisotopic (exact) mass is 283 g/mol. The van der Waals surface area contributed by atoms with E-state index in [1.807, 2.05) is 41.8 Å². The van der Waals surface area contributed by atoms with Crippen molar-refractivity contribution in [1.82, 2.24) is 9.97 Å². The molecule has 0 radical (unpaired) electrons. The fraction of sp³-hybridized carbons (Fsp3) is 0.0667. The molecule has 0 spiro atoms. The second kappa shape index (κ2) is 5.30. The van der Waals surface area contributed by atoms with Gasteiger partial charge >= 0.3 is 0 Å². The van der Waals surface area contributed by atoms with E-state index in [-0.39, 0.29) is 0 Å². The number of hydrogen-bond donors (Lipinski definition) is 1. The summed E-state index contributed by atoms with van der Waals surface area (Å²) in [4.78, 5) is 8.73. The highest BCUT2D eigenvalue weighted by molar-refractivity contribution is 7.13. The summed E-state index contributed by atoms with van der Waals surface area (Å²) in [6, 6.07) is 11.6. The van der Waals surface area contributed by atoms with Crippen LogP contribution in [-0.2, 0) is 0 Å². The van der Waals surface area contributed by atoms with Gasteiger partial charge in [-0.1, -0.05) is 12.1 Å². The topological polar surface area (TPSA) is 61.0 Å². The molecule has 0 amide bonds. The highest BCUT2D eigenvalue weighted by atomic mass is 32.1. The standard InChI is InChI=1S/C15H13N3OS/c1-19-13-7-3-2-5-10(13)12-9-20-15(18-12)11-6-4-8-17-14(11)16/h2-9H,1H3,(H2,16,17). The van der Waals surface area contributed by atoms with Crippen molar-refractivity contribution in [2.45, 2.75) is 0 Å². The van der Waals surface area contributed by atoms with Crippen LogP contribution < -0.4 is 10.5 Å². The molecule has 0 aliphatic heterocycles. The van der Waals surface area contributed by atoms with Gasteiger partial charge in [0, 0.05) is 17.1 Å². The third kappa shape index (κ3) is 2.23. The molecule has 0 atom stereocenters. The van der Waals surface area contributed by atoms with Crippen LogP contribution in [0.2, 0.25) is 0 Å². The van der Waals surface area contributed by atoms with Crippen molar-refractivity contribution in [3.63, 3.8) is 0 Å². The van der Waals surface area contributed by atoms with Crippen molar-refractivity contribution in [2.24, 2.45) is 0 Å². The van der Waals surface area contributed by atoms with Gasteiger partial charge < -0.3 is 10.5 Å². The Labute approximate surface area is 120 Å². The number of rotatable bonds is 3. The molecule has 5 heteroatoms. The maximum atomic E-state index is 5.89. The first-order valence-electron chi connectivity index (χ1n) is 6.09. The van der Waals surface area contributed by atoms with Gasteiger partial charge in [-0.05, 0) is 24.3 Å². The average molecular weight is 283 g/mol. The van der Waals surface area contributed by atoms with Crippen LogP contribution in [0, 0.1) is 0 Å². The van der Waals surface area contributed by atoms with E-state index in [4.69, 9.17) is 10.5 Å². The molecule has 0 fully saturated rings. The molecule has 1 aromatic carbocycles. The number of pyridine rings is 1. The molecule has 0 aliphatic rings. The van der Waals surface area contributed by atoms with Crippen LogP contribution in [0.4, 0.5) is 5.82 Å². The summed E-state index contributed by atoms with van der Waals surface area (Å²) < 4.78 is 5.37. The summed E-state index contributed by atoms with van der Waals surface area (Å²) in [6.07, 6.45) is 1.67. The second-order valence-electron chi connectivity index (χ2n) is 4.17. The first kappa shape index (κ1) is 12.6. The van der Waals surface area contributed by atoms with Gasteiger partial charge in [-0.3, -0.25) is 0 Å². The normalized spacial score (nSPS) is 10.4. The largest absolute Gasteiger partial charge is 0.496 e. The second-order valence-corrected chi connectivity index (χ2v) is 5.03. The van der Waals surface area contributed by atoms with Crippen LogP contribution in [0.25, 0.3) is 21.8 Å². The minimum absolute atomic E-state index is 0.494. The van der Waals surface area contributed by atoms with Gasteiger partial charge in [-0.25, -0.2) is 9.97 Å². The van der Waals surface area contributed by atoms with Crippen molar-refractivity contribution in [3.8, 4) is 27.6 Å². The Morgan fingerprint density at radius 1 is 1.10 bits per heavy atom. The predicted molar refractivity (Wildman–Crippen MR) is 81.7 cm³/mol. The molecule has 3 rings (SSSR count). The molecule has 4 nitrogen and oxygen atoms in total. The average Bonchev–Trinajstić information content (AvgIpc) is 2.97. The molecule has 100 valence electrons. The van der Waals surface area contributed by atoms with Gasteiger partial charge in [-0.15, -0.1) is 11.3 Å². The molecule has 2 N–H and O–H groups in total. The van der Waals surface area contributed by atoms with E-state index in [0.717, 1.165) is 27.6 Å². The Hall–Kier alpha value is -2.40. The maximum absolute atomic E-state index is 5.89. The summed E-state index contributed by atoms with van der Waals surface area (Å²) in [5.74, 6) is 1.30. The van der Waals surface area contributed by atoms with E-state index < -0.39 is 0 Å². The Kier molecular flexibility index (Phi) is 3.35. The van der Waals surface area contributed by atoms with Crippen molar-refractivity contribution < 1.29 is 4.74 Å². The lowest BCUT2D eigenvalue weighted by Crippen LogP contribution is -1.92. The summed E-state index contributed by atoms with van der Waals surface area (Å²) in [6.45, 7) is 0. The fourth-order valence-electron chi connectivity index (χ4n) is 1.98. The molecule has 3 aromatic rings. The molecule has 20 heavy (non-hydrogen) atoms. The number of nitrogens with zero attached hydrogens (tertiary/aromatic N) is 2. The summed E-state index contributed by atoms with van der Waals surface area (Å²) in [5, 5.41) is 2.86. The fourth-order valence-corrected chi connectivity index (χ4v) is 2.83. The third-order valence-corrected chi connectivity index (χ3v) is 3.83. The van der Waals surface area contributed by atoms with E-state index in [2.05, 4.69) is 9.97 Å². The molecular weight excluding hydrogens is 270 g/mol. The minimum atomic E-state index is 0.494. The number of nitrogen functional groups attached to an aromatic ring is 1.